The molecule has 2 aromatic heterocycles. The summed E-state index contributed by atoms with van der Waals surface area (Å²) in [6, 6.07) is 19.3. The van der Waals surface area contributed by atoms with Crippen molar-refractivity contribution in [2.75, 3.05) is 5.32 Å². The molecule has 0 atom stereocenters. The van der Waals surface area contributed by atoms with Crippen molar-refractivity contribution in [3.8, 4) is 0 Å². The SMILES string of the molecule is Cc1ccn2c(C)cnc2c1CCc1ccc(NC(=S)NC(=O)c2ccccc2)cc1. The number of carbonyl (C=O) groups excluding carboxylic acids is 1. The molecule has 0 saturated heterocycles. The third-order valence-electron chi connectivity index (χ3n) is 5.34. The van der Waals surface area contributed by atoms with Gasteiger partial charge in [0.2, 0.25) is 0 Å². The van der Waals surface area contributed by atoms with Crippen LogP contribution in [0.25, 0.3) is 5.65 Å². The molecule has 0 bridgehead atoms. The number of carbonyl (C=O) groups is 1. The van der Waals surface area contributed by atoms with Gasteiger partial charge in [-0.05, 0) is 85.9 Å². The second-order valence-corrected chi connectivity index (χ2v) is 7.95. The lowest BCUT2D eigenvalue weighted by molar-refractivity contribution is 0.0977. The number of rotatable bonds is 5. The number of hydrogen-bond donors (Lipinski definition) is 2. The number of pyridine rings is 1. The maximum Gasteiger partial charge on any atom is 0.257 e. The van der Waals surface area contributed by atoms with E-state index in [1.54, 1.807) is 12.1 Å². The molecular weight excluding hydrogens is 404 g/mol. The minimum Gasteiger partial charge on any atom is -0.332 e. The Kier molecular flexibility index (Phi) is 6.09. The number of fused-ring (bicyclic) bond motifs is 1. The number of aryl methyl sites for hydroxylation is 4. The van der Waals surface area contributed by atoms with Crippen LogP contribution < -0.4 is 10.6 Å². The van der Waals surface area contributed by atoms with Crippen LogP contribution in [0.2, 0.25) is 0 Å². The standard InChI is InChI=1S/C25H24N4OS/c1-17-14-15-29-18(2)16-26-23(29)22(17)13-10-19-8-11-21(12-9-19)27-25(31)28-24(30)20-6-4-3-5-7-20/h3-9,11-12,14-16H,10,13H2,1-2H3,(H2,27,28,30,31). The van der Waals surface area contributed by atoms with E-state index in [2.05, 4.69) is 58.3 Å². The van der Waals surface area contributed by atoms with Crippen molar-refractivity contribution >= 4 is 34.6 Å². The van der Waals surface area contributed by atoms with Gasteiger partial charge in [-0.25, -0.2) is 4.98 Å². The predicted octanol–water partition coefficient (Wildman–Crippen LogP) is 4.86. The zero-order valence-electron chi connectivity index (χ0n) is 17.6. The summed E-state index contributed by atoms with van der Waals surface area (Å²) in [6.45, 7) is 4.20. The van der Waals surface area contributed by atoms with Gasteiger partial charge in [0, 0.05) is 29.3 Å². The minimum absolute atomic E-state index is 0.228. The Labute approximate surface area is 187 Å². The number of hydrogen-bond acceptors (Lipinski definition) is 3. The molecule has 2 heterocycles. The summed E-state index contributed by atoms with van der Waals surface area (Å²) in [6.07, 6.45) is 5.83. The summed E-state index contributed by atoms with van der Waals surface area (Å²) in [5.41, 5.74) is 7.36. The number of aromatic nitrogens is 2. The molecule has 0 aliphatic heterocycles. The molecule has 0 spiro atoms. The highest BCUT2D eigenvalue weighted by Gasteiger charge is 2.10. The Bertz CT molecular complexity index is 1230. The molecule has 2 aromatic carbocycles. The molecule has 4 aromatic rings. The van der Waals surface area contributed by atoms with Gasteiger partial charge in [-0.1, -0.05) is 30.3 Å². The van der Waals surface area contributed by atoms with Crippen LogP contribution in [0.5, 0.6) is 0 Å². The first-order valence-electron chi connectivity index (χ1n) is 10.2. The molecule has 0 aliphatic carbocycles. The third-order valence-corrected chi connectivity index (χ3v) is 5.54. The number of benzene rings is 2. The molecule has 6 heteroatoms. The van der Waals surface area contributed by atoms with E-state index < -0.39 is 0 Å². The lowest BCUT2D eigenvalue weighted by atomic mass is 10.0. The summed E-state index contributed by atoms with van der Waals surface area (Å²) in [5.74, 6) is -0.228. The van der Waals surface area contributed by atoms with Crippen LogP contribution in [0.15, 0.2) is 73.1 Å². The summed E-state index contributed by atoms with van der Waals surface area (Å²) in [4.78, 5) is 16.8. The fraction of sp³-hybridized carbons (Fsp3) is 0.160. The summed E-state index contributed by atoms with van der Waals surface area (Å²) in [5, 5.41) is 6.05. The van der Waals surface area contributed by atoms with Gasteiger partial charge < -0.3 is 9.72 Å². The first-order chi connectivity index (χ1) is 15.0. The van der Waals surface area contributed by atoms with E-state index in [4.69, 9.17) is 12.2 Å². The minimum atomic E-state index is -0.228. The lowest BCUT2D eigenvalue weighted by Crippen LogP contribution is -2.34. The van der Waals surface area contributed by atoms with E-state index in [0.29, 0.717) is 5.56 Å². The van der Waals surface area contributed by atoms with E-state index >= 15 is 0 Å². The average Bonchev–Trinajstić information content (AvgIpc) is 3.15. The molecule has 4 rings (SSSR count). The Hall–Kier alpha value is -3.51. The predicted molar refractivity (Wildman–Crippen MR) is 129 cm³/mol. The maximum absolute atomic E-state index is 12.2. The highest BCUT2D eigenvalue weighted by Crippen LogP contribution is 2.19. The van der Waals surface area contributed by atoms with E-state index in [1.165, 1.54) is 16.7 Å². The van der Waals surface area contributed by atoms with Crippen LogP contribution in [0.1, 0.15) is 32.7 Å². The van der Waals surface area contributed by atoms with Crippen LogP contribution in [-0.2, 0) is 12.8 Å². The van der Waals surface area contributed by atoms with Crippen molar-refractivity contribution in [1.82, 2.24) is 14.7 Å². The molecular formula is C25H24N4OS. The normalized spacial score (nSPS) is 10.8. The van der Waals surface area contributed by atoms with Crippen molar-refractivity contribution in [1.29, 1.82) is 0 Å². The van der Waals surface area contributed by atoms with Gasteiger partial charge in [0.1, 0.15) is 5.65 Å². The number of nitrogens with zero attached hydrogens (tertiary/aromatic N) is 2. The zero-order chi connectivity index (χ0) is 21.8. The van der Waals surface area contributed by atoms with Crippen molar-refractivity contribution in [2.24, 2.45) is 0 Å². The molecule has 0 fully saturated rings. The van der Waals surface area contributed by atoms with Crippen LogP contribution in [0.4, 0.5) is 5.69 Å². The van der Waals surface area contributed by atoms with Gasteiger partial charge in [0.15, 0.2) is 5.11 Å². The van der Waals surface area contributed by atoms with Gasteiger partial charge in [-0.3, -0.25) is 10.1 Å². The zero-order valence-corrected chi connectivity index (χ0v) is 18.4. The first-order valence-corrected chi connectivity index (χ1v) is 10.6. The molecule has 0 aliphatic rings. The highest BCUT2D eigenvalue weighted by molar-refractivity contribution is 7.80. The molecule has 5 nitrogen and oxygen atoms in total. The topological polar surface area (TPSA) is 58.4 Å². The summed E-state index contributed by atoms with van der Waals surface area (Å²) >= 11 is 5.27. The Morgan fingerprint density at radius 3 is 2.48 bits per heavy atom. The number of imidazole rings is 1. The fourth-order valence-electron chi connectivity index (χ4n) is 3.58. The average molecular weight is 429 g/mol. The second kappa shape index (κ2) is 9.10. The summed E-state index contributed by atoms with van der Waals surface area (Å²) < 4.78 is 2.14. The van der Waals surface area contributed by atoms with Crippen LogP contribution in [0.3, 0.4) is 0 Å². The second-order valence-electron chi connectivity index (χ2n) is 7.54. The molecule has 1 amide bonds. The van der Waals surface area contributed by atoms with Crippen LogP contribution in [-0.4, -0.2) is 20.4 Å². The molecule has 31 heavy (non-hydrogen) atoms. The number of anilines is 1. The van der Waals surface area contributed by atoms with Gasteiger partial charge >= 0.3 is 0 Å². The Morgan fingerprint density at radius 1 is 1.00 bits per heavy atom. The molecule has 156 valence electrons. The highest BCUT2D eigenvalue weighted by atomic mass is 32.1. The van der Waals surface area contributed by atoms with Gasteiger partial charge in [-0.15, -0.1) is 0 Å². The van der Waals surface area contributed by atoms with Crippen molar-refractivity contribution < 1.29 is 4.79 Å². The van der Waals surface area contributed by atoms with Crippen molar-refractivity contribution in [3.63, 3.8) is 0 Å². The quantitative estimate of drug-likeness (QED) is 0.446. The van der Waals surface area contributed by atoms with E-state index in [1.807, 2.05) is 36.5 Å². The van der Waals surface area contributed by atoms with E-state index in [0.717, 1.165) is 29.9 Å². The fourth-order valence-corrected chi connectivity index (χ4v) is 3.79. The monoisotopic (exact) mass is 428 g/mol. The Balaban J connectivity index is 1.36. The van der Waals surface area contributed by atoms with Crippen LogP contribution in [0, 0.1) is 13.8 Å². The van der Waals surface area contributed by atoms with E-state index in [-0.39, 0.29) is 11.0 Å². The largest absolute Gasteiger partial charge is 0.332 e. The van der Waals surface area contributed by atoms with Gasteiger partial charge in [0.05, 0.1) is 0 Å². The smallest absolute Gasteiger partial charge is 0.257 e. The van der Waals surface area contributed by atoms with Gasteiger partial charge in [0.25, 0.3) is 5.91 Å². The Morgan fingerprint density at radius 2 is 1.74 bits per heavy atom. The van der Waals surface area contributed by atoms with Gasteiger partial charge in [-0.2, -0.15) is 0 Å². The first kappa shape index (κ1) is 20.8. The molecule has 2 N–H and O–H groups in total. The molecule has 0 saturated carbocycles. The maximum atomic E-state index is 12.2. The lowest BCUT2D eigenvalue weighted by Gasteiger charge is -2.11. The number of amides is 1. The third kappa shape index (κ3) is 4.81. The summed E-state index contributed by atoms with van der Waals surface area (Å²) in [7, 11) is 0. The molecule has 0 unspecified atom stereocenters. The van der Waals surface area contributed by atoms with Crippen molar-refractivity contribution in [2.45, 2.75) is 26.7 Å². The van der Waals surface area contributed by atoms with E-state index in [9.17, 15) is 4.79 Å². The van der Waals surface area contributed by atoms with Crippen LogP contribution >= 0.6 is 12.2 Å². The molecule has 0 radical (unpaired) electrons. The number of nitrogens with one attached hydrogen (secondary N) is 2. The number of thiocarbonyl (C=S) groups is 1. The van der Waals surface area contributed by atoms with Crippen molar-refractivity contribution in [3.05, 3.63) is 101 Å².